The Morgan fingerprint density at radius 1 is 1.42 bits per heavy atom. The van der Waals surface area contributed by atoms with Gasteiger partial charge in [0.25, 0.3) is 0 Å². The van der Waals surface area contributed by atoms with Crippen LogP contribution in [0, 0.1) is 23.2 Å². The predicted octanol–water partition coefficient (Wildman–Crippen LogP) is 1.63. The van der Waals surface area contributed by atoms with Crippen LogP contribution in [0.3, 0.4) is 0 Å². The molecule has 0 aromatic heterocycles. The molecule has 1 saturated heterocycles. The molecule has 0 aromatic carbocycles. The third-order valence-electron chi connectivity index (χ3n) is 6.53. The van der Waals surface area contributed by atoms with Crippen LogP contribution in [0.2, 0.25) is 0 Å². The molecule has 5 atom stereocenters. The number of aliphatic hydroxyl groups excluding tert-OH is 2. The Kier molecular flexibility index (Phi) is 4.80. The molecule has 5 nitrogen and oxygen atoms in total. The van der Waals surface area contributed by atoms with Crippen molar-refractivity contribution in [1.82, 2.24) is 5.32 Å². The van der Waals surface area contributed by atoms with Gasteiger partial charge in [-0.05, 0) is 37.5 Å². The molecule has 136 valence electrons. The molecule has 2 aliphatic carbocycles. The maximum atomic E-state index is 12.4. The van der Waals surface area contributed by atoms with Gasteiger partial charge in [0.15, 0.2) is 0 Å². The molecule has 3 rings (SSSR count). The molecule has 3 N–H and O–H groups in total. The number of fused-ring (bicyclic) bond motifs is 2. The van der Waals surface area contributed by atoms with Gasteiger partial charge in [0, 0.05) is 12.5 Å². The zero-order valence-corrected chi connectivity index (χ0v) is 15.0. The summed E-state index contributed by atoms with van der Waals surface area (Å²) in [4.78, 5) is 12.4. The molecule has 5 heteroatoms. The average Bonchev–Trinajstić information content (AvgIpc) is 2.84. The Balaban J connectivity index is 1.79. The Bertz CT molecular complexity index is 527. The van der Waals surface area contributed by atoms with Gasteiger partial charge in [-0.15, -0.1) is 0 Å². The summed E-state index contributed by atoms with van der Waals surface area (Å²) >= 11 is 0. The van der Waals surface area contributed by atoms with Gasteiger partial charge in [0.2, 0.25) is 0 Å². The lowest BCUT2D eigenvalue weighted by atomic mass is 9.59. The van der Waals surface area contributed by atoms with Crippen molar-refractivity contribution in [1.29, 1.82) is 0 Å². The van der Waals surface area contributed by atoms with Crippen LogP contribution in [0.25, 0.3) is 0 Å². The zero-order valence-electron chi connectivity index (χ0n) is 15.0. The predicted molar refractivity (Wildman–Crippen MR) is 91.3 cm³/mol. The van der Waals surface area contributed by atoms with Gasteiger partial charge in [0.05, 0.1) is 24.7 Å². The molecule has 0 aromatic rings. The summed E-state index contributed by atoms with van der Waals surface area (Å²) in [6.07, 6.45) is 6.87. The van der Waals surface area contributed by atoms with Crippen LogP contribution in [0.5, 0.6) is 0 Å². The molecule has 0 amide bonds. The highest BCUT2D eigenvalue weighted by atomic mass is 16.6. The molecule has 0 bridgehead atoms. The van der Waals surface area contributed by atoms with E-state index in [0.29, 0.717) is 12.5 Å². The van der Waals surface area contributed by atoms with Gasteiger partial charge in [-0.3, -0.25) is 4.79 Å². The normalized spacial score (nSPS) is 39.0. The smallest absolute Gasteiger partial charge is 0.311 e. The number of rotatable bonds is 5. The second-order valence-electron chi connectivity index (χ2n) is 8.60. The van der Waals surface area contributed by atoms with E-state index in [1.54, 1.807) is 6.92 Å². The van der Waals surface area contributed by atoms with Crippen LogP contribution in [0.4, 0.5) is 0 Å². The Hall–Kier alpha value is -0.910. The first-order valence-corrected chi connectivity index (χ1v) is 9.21. The van der Waals surface area contributed by atoms with Crippen molar-refractivity contribution < 1.29 is 19.7 Å². The van der Waals surface area contributed by atoms with Gasteiger partial charge in [-0.1, -0.05) is 31.9 Å². The van der Waals surface area contributed by atoms with Crippen LogP contribution in [0.1, 0.15) is 46.5 Å². The van der Waals surface area contributed by atoms with Crippen molar-refractivity contribution in [3.63, 3.8) is 0 Å². The summed E-state index contributed by atoms with van der Waals surface area (Å²) < 4.78 is 5.71. The number of carbonyl (C=O) groups excluding carboxylic acids is 1. The quantitative estimate of drug-likeness (QED) is 0.525. The number of aliphatic hydroxyl groups is 2. The topological polar surface area (TPSA) is 78.8 Å². The molecule has 0 unspecified atom stereocenters. The lowest BCUT2D eigenvalue weighted by Gasteiger charge is -2.46. The van der Waals surface area contributed by atoms with Crippen LogP contribution >= 0.6 is 0 Å². The number of hydrogen-bond acceptors (Lipinski definition) is 5. The van der Waals surface area contributed by atoms with Crippen molar-refractivity contribution >= 4 is 5.97 Å². The number of nitrogens with one attached hydrogen (secondary N) is 1. The van der Waals surface area contributed by atoms with Crippen molar-refractivity contribution in [2.45, 2.75) is 58.1 Å². The molecular weight excluding hydrogens is 306 g/mol. The number of hydrogen-bond donors (Lipinski definition) is 3. The summed E-state index contributed by atoms with van der Waals surface area (Å²) in [6.45, 7) is 6.45. The van der Waals surface area contributed by atoms with Crippen LogP contribution in [0.15, 0.2) is 11.6 Å². The van der Waals surface area contributed by atoms with Crippen molar-refractivity contribution in [3.05, 3.63) is 11.6 Å². The molecule has 1 saturated carbocycles. The first kappa shape index (κ1) is 17.9. The molecule has 24 heavy (non-hydrogen) atoms. The first-order valence-electron chi connectivity index (χ1n) is 9.21. The van der Waals surface area contributed by atoms with Gasteiger partial charge in [-0.2, -0.15) is 0 Å². The third-order valence-corrected chi connectivity index (χ3v) is 6.53. The standard InChI is InChI=1S/C19H31NO4/c1-12-5-4-6-18(2)8-16-13(7-15(12)18)14(17(23)24-16)9-20-19(3,10-21)11-22/h7,12-14,16,20-22H,4-6,8-11H2,1-3H3/t12-,13+,14-,16+,18+/m0/s1. The maximum Gasteiger partial charge on any atom is 0.311 e. The highest BCUT2D eigenvalue weighted by Gasteiger charge is 2.51. The average molecular weight is 337 g/mol. The van der Waals surface area contributed by atoms with E-state index in [-0.39, 0.29) is 42.5 Å². The lowest BCUT2D eigenvalue weighted by Crippen LogP contribution is -2.51. The molecule has 0 spiro atoms. The summed E-state index contributed by atoms with van der Waals surface area (Å²) in [5.41, 5.74) is 0.907. The highest BCUT2D eigenvalue weighted by Crippen LogP contribution is 2.53. The fourth-order valence-electron chi connectivity index (χ4n) is 4.80. The fraction of sp³-hybridized carbons (Fsp3) is 0.842. The Morgan fingerprint density at radius 2 is 2.12 bits per heavy atom. The minimum atomic E-state index is -0.771. The lowest BCUT2D eigenvalue weighted by molar-refractivity contribution is -0.145. The van der Waals surface area contributed by atoms with Crippen molar-refractivity contribution in [2.24, 2.45) is 23.2 Å². The summed E-state index contributed by atoms with van der Waals surface area (Å²) in [7, 11) is 0. The van der Waals surface area contributed by atoms with Gasteiger partial charge in [0.1, 0.15) is 6.10 Å². The van der Waals surface area contributed by atoms with E-state index in [9.17, 15) is 15.0 Å². The zero-order chi connectivity index (χ0) is 17.5. The third kappa shape index (κ3) is 3.02. The van der Waals surface area contributed by atoms with E-state index in [2.05, 4.69) is 25.2 Å². The number of carbonyl (C=O) groups is 1. The van der Waals surface area contributed by atoms with E-state index >= 15 is 0 Å². The van der Waals surface area contributed by atoms with Crippen LogP contribution < -0.4 is 5.32 Å². The summed E-state index contributed by atoms with van der Waals surface area (Å²) in [6, 6.07) is 0. The summed E-state index contributed by atoms with van der Waals surface area (Å²) in [5.74, 6) is 0.297. The molecular formula is C19H31NO4. The van der Waals surface area contributed by atoms with Gasteiger partial charge in [-0.25, -0.2) is 0 Å². The number of esters is 1. The molecule has 2 fully saturated rings. The monoisotopic (exact) mass is 337 g/mol. The highest BCUT2D eigenvalue weighted by molar-refractivity contribution is 5.76. The minimum absolute atomic E-state index is 0.0298. The van der Waals surface area contributed by atoms with E-state index in [4.69, 9.17) is 4.74 Å². The number of allylic oxidation sites excluding steroid dienone is 1. The van der Waals surface area contributed by atoms with Gasteiger partial charge < -0.3 is 20.3 Å². The first-order chi connectivity index (χ1) is 11.3. The van der Waals surface area contributed by atoms with E-state index in [0.717, 1.165) is 6.42 Å². The maximum absolute atomic E-state index is 12.4. The van der Waals surface area contributed by atoms with Crippen LogP contribution in [-0.4, -0.2) is 47.6 Å². The van der Waals surface area contributed by atoms with E-state index < -0.39 is 5.54 Å². The Labute approximate surface area is 144 Å². The van der Waals surface area contributed by atoms with Crippen molar-refractivity contribution in [3.8, 4) is 0 Å². The molecule has 1 aliphatic heterocycles. The second kappa shape index (κ2) is 6.43. The van der Waals surface area contributed by atoms with Crippen LogP contribution in [-0.2, 0) is 9.53 Å². The summed E-state index contributed by atoms with van der Waals surface area (Å²) in [5, 5.41) is 22.0. The molecule has 3 aliphatic rings. The molecule has 1 heterocycles. The number of ether oxygens (including phenoxy) is 1. The Morgan fingerprint density at radius 3 is 2.79 bits per heavy atom. The largest absolute Gasteiger partial charge is 0.461 e. The molecule has 0 radical (unpaired) electrons. The van der Waals surface area contributed by atoms with Gasteiger partial charge >= 0.3 is 5.97 Å². The van der Waals surface area contributed by atoms with Crippen molar-refractivity contribution in [2.75, 3.05) is 19.8 Å². The van der Waals surface area contributed by atoms with E-state index in [1.165, 1.54) is 24.8 Å². The fourth-order valence-corrected chi connectivity index (χ4v) is 4.80. The van der Waals surface area contributed by atoms with E-state index in [1.807, 2.05) is 0 Å². The minimum Gasteiger partial charge on any atom is -0.461 e. The SMILES string of the molecule is C[C@H]1CCC[C@]2(C)C[C@H]3OC(=O)[C@@H](CNC(C)(CO)CO)[C@H]3C=C12. The second-order valence-corrected chi connectivity index (χ2v) is 8.60.